The molecule has 1 heterocycles. The first-order valence-corrected chi connectivity index (χ1v) is 6.39. The molecule has 2 atom stereocenters. The maximum absolute atomic E-state index is 12.5. The molecule has 3 rings (SSSR count). The summed E-state index contributed by atoms with van der Waals surface area (Å²) in [5, 5.41) is 3.39. The number of piperidine rings is 1. The van der Waals surface area contributed by atoms with Crippen molar-refractivity contribution in [1.29, 1.82) is 0 Å². The van der Waals surface area contributed by atoms with Crippen molar-refractivity contribution in [2.45, 2.75) is 31.4 Å². The minimum atomic E-state index is -4.23. The molecule has 18 heavy (non-hydrogen) atoms. The third-order valence-electron chi connectivity index (χ3n) is 4.34. The van der Waals surface area contributed by atoms with E-state index in [2.05, 4.69) is 5.32 Å². The van der Waals surface area contributed by atoms with Crippen LogP contribution < -0.4 is 5.32 Å². The Morgan fingerprint density at radius 3 is 2.44 bits per heavy atom. The Morgan fingerprint density at radius 1 is 1.17 bits per heavy atom. The van der Waals surface area contributed by atoms with Gasteiger partial charge in [0.1, 0.15) is 0 Å². The van der Waals surface area contributed by atoms with Crippen molar-refractivity contribution in [3.63, 3.8) is 0 Å². The topological polar surface area (TPSA) is 12.0 Å². The second-order valence-corrected chi connectivity index (χ2v) is 5.52. The van der Waals surface area contributed by atoms with Gasteiger partial charge in [-0.05, 0) is 54.8 Å². The second-order valence-electron chi connectivity index (χ2n) is 5.52. The number of benzene rings is 1. The van der Waals surface area contributed by atoms with E-state index < -0.39 is 11.7 Å². The quantitative estimate of drug-likeness (QED) is 0.809. The Balaban J connectivity index is 1.75. The minimum Gasteiger partial charge on any atom is -0.316 e. The van der Waals surface area contributed by atoms with Gasteiger partial charge >= 0.3 is 6.18 Å². The normalized spacial score (nSPS) is 31.6. The number of rotatable bonds is 1. The number of alkyl halides is 3. The molecule has 1 aromatic rings. The lowest BCUT2D eigenvalue weighted by Gasteiger charge is -2.23. The smallest absolute Gasteiger partial charge is 0.316 e. The number of halogens is 3. The molecule has 1 aliphatic carbocycles. The molecule has 1 nitrogen and oxygen atoms in total. The SMILES string of the molecule is FC(F)(F)c1ccc(C2CC23CCCNC3)cc1. The Kier molecular flexibility index (Phi) is 2.66. The fourth-order valence-electron chi connectivity index (χ4n) is 3.19. The van der Waals surface area contributed by atoms with Crippen LogP contribution in [0.5, 0.6) is 0 Å². The average molecular weight is 255 g/mol. The van der Waals surface area contributed by atoms with Gasteiger partial charge in [-0.1, -0.05) is 12.1 Å². The van der Waals surface area contributed by atoms with E-state index in [0.29, 0.717) is 11.3 Å². The number of hydrogen-bond donors (Lipinski definition) is 1. The summed E-state index contributed by atoms with van der Waals surface area (Å²) < 4.78 is 37.4. The molecule has 1 aliphatic heterocycles. The van der Waals surface area contributed by atoms with Gasteiger partial charge < -0.3 is 5.32 Å². The van der Waals surface area contributed by atoms with Gasteiger partial charge in [0.25, 0.3) is 0 Å². The maximum atomic E-state index is 12.5. The number of nitrogens with one attached hydrogen (secondary N) is 1. The third kappa shape index (κ3) is 2.03. The van der Waals surface area contributed by atoms with Gasteiger partial charge in [-0.2, -0.15) is 13.2 Å². The first kappa shape index (κ1) is 12.0. The van der Waals surface area contributed by atoms with Crippen molar-refractivity contribution in [2.75, 3.05) is 13.1 Å². The number of hydrogen-bond acceptors (Lipinski definition) is 1. The highest BCUT2D eigenvalue weighted by Crippen LogP contribution is 2.62. The summed E-state index contributed by atoms with van der Waals surface area (Å²) in [6.45, 7) is 2.08. The van der Waals surface area contributed by atoms with Crippen molar-refractivity contribution < 1.29 is 13.2 Å². The van der Waals surface area contributed by atoms with Crippen LogP contribution in [0, 0.1) is 5.41 Å². The van der Waals surface area contributed by atoms with Crippen molar-refractivity contribution in [3.8, 4) is 0 Å². The summed E-state index contributed by atoms with van der Waals surface area (Å²) in [6, 6.07) is 5.71. The van der Waals surface area contributed by atoms with E-state index >= 15 is 0 Å². The zero-order chi connectivity index (χ0) is 12.8. The standard InChI is InChI=1S/C14H16F3N/c15-14(16,17)11-4-2-10(3-5-11)12-8-13(12)6-1-7-18-9-13/h2-5,12,18H,1,6-9H2. The van der Waals surface area contributed by atoms with Crippen LogP contribution >= 0.6 is 0 Å². The molecule has 0 radical (unpaired) electrons. The molecule has 0 aromatic heterocycles. The predicted molar refractivity (Wildman–Crippen MR) is 63.3 cm³/mol. The fraction of sp³-hybridized carbons (Fsp3) is 0.571. The molecular formula is C14H16F3N. The Labute approximate surface area is 104 Å². The third-order valence-corrected chi connectivity index (χ3v) is 4.34. The highest BCUT2D eigenvalue weighted by molar-refractivity contribution is 5.34. The van der Waals surface area contributed by atoms with Crippen molar-refractivity contribution in [1.82, 2.24) is 5.32 Å². The molecule has 2 aliphatic rings. The molecule has 1 N–H and O–H groups in total. The lowest BCUT2D eigenvalue weighted by atomic mass is 9.91. The fourth-order valence-corrected chi connectivity index (χ4v) is 3.19. The van der Waals surface area contributed by atoms with Crippen LogP contribution in [-0.4, -0.2) is 13.1 Å². The zero-order valence-corrected chi connectivity index (χ0v) is 10.1. The van der Waals surface area contributed by atoms with Crippen LogP contribution in [0.4, 0.5) is 13.2 Å². The molecular weight excluding hydrogens is 239 g/mol. The van der Waals surface area contributed by atoms with Gasteiger partial charge in [-0.15, -0.1) is 0 Å². The molecule has 2 fully saturated rings. The van der Waals surface area contributed by atoms with Crippen molar-refractivity contribution in [3.05, 3.63) is 35.4 Å². The first-order valence-electron chi connectivity index (χ1n) is 6.39. The first-order chi connectivity index (χ1) is 8.51. The molecule has 1 saturated heterocycles. The van der Waals surface area contributed by atoms with E-state index in [-0.39, 0.29) is 0 Å². The largest absolute Gasteiger partial charge is 0.416 e. The Bertz CT molecular complexity index is 429. The summed E-state index contributed by atoms with van der Waals surface area (Å²) in [5.74, 6) is 0.451. The molecule has 0 amide bonds. The van der Waals surface area contributed by atoms with E-state index in [0.717, 1.165) is 25.1 Å². The van der Waals surface area contributed by atoms with Gasteiger partial charge in [0, 0.05) is 6.54 Å². The lowest BCUT2D eigenvalue weighted by molar-refractivity contribution is -0.137. The molecule has 2 unspecified atom stereocenters. The van der Waals surface area contributed by atoms with Crippen LogP contribution in [0.15, 0.2) is 24.3 Å². The monoisotopic (exact) mass is 255 g/mol. The summed E-state index contributed by atoms with van der Waals surface area (Å²) >= 11 is 0. The lowest BCUT2D eigenvalue weighted by Crippen LogP contribution is -2.31. The summed E-state index contributed by atoms with van der Waals surface area (Å²) in [5.41, 5.74) is 0.840. The van der Waals surface area contributed by atoms with Gasteiger partial charge in [0.2, 0.25) is 0 Å². The van der Waals surface area contributed by atoms with Crippen LogP contribution in [0.2, 0.25) is 0 Å². The molecule has 98 valence electrons. The van der Waals surface area contributed by atoms with Gasteiger partial charge in [-0.3, -0.25) is 0 Å². The van der Waals surface area contributed by atoms with Crippen molar-refractivity contribution in [2.24, 2.45) is 5.41 Å². The Morgan fingerprint density at radius 2 is 1.89 bits per heavy atom. The van der Waals surface area contributed by atoms with E-state index in [9.17, 15) is 13.2 Å². The summed E-state index contributed by atoms with van der Waals surface area (Å²) in [7, 11) is 0. The minimum absolute atomic E-state index is 0.331. The molecule has 1 spiro atoms. The highest BCUT2D eigenvalue weighted by Gasteiger charge is 2.54. The van der Waals surface area contributed by atoms with Crippen LogP contribution in [0.25, 0.3) is 0 Å². The Hall–Kier alpha value is -1.03. The van der Waals surface area contributed by atoms with E-state index in [1.165, 1.54) is 25.0 Å². The van der Waals surface area contributed by atoms with Crippen molar-refractivity contribution >= 4 is 0 Å². The highest BCUT2D eigenvalue weighted by atomic mass is 19.4. The molecule has 0 bridgehead atoms. The van der Waals surface area contributed by atoms with Crippen LogP contribution in [0.1, 0.15) is 36.3 Å². The molecule has 1 aromatic carbocycles. The van der Waals surface area contributed by atoms with E-state index in [1.54, 1.807) is 12.1 Å². The summed E-state index contributed by atoms with van der Waals surface area (Å²) in [4.78, 5) is 0. The van der Waals surface area contributed by atoms with E-state index in [1.807, 2.05) is 0 Å². The van der Waals surface area contributed by atoms with Gasteiger partial charge in [0.15, 0.2) is 0 Å². The van der Waals surface area contributed by atoms with Gasteiger partial charge in [0.05, 0.1) is 5.56 Å². The summed E-state index contributed by atoms with van der Waals surface area (Å²) in [6.07, 6.45) is -0.736. The van der Waals surface area contributed by atoms with Gasteiger partial charge in [-0.25, -0.2) is 0 Å². The zero-order valence-electron chi connectivity index (χ0n) is 10.1. The van der Waals surface area contributed by atoms with Crippen LogP contribution in [-0.2, 0) is 6.18 Å². The van der Waals surface area contributed by atoms with E-state index in [4.69, 9.17) is 0 Å². The predicted octanol–water partition coefficient (Wildman–Crippen LogP) is 3.56. The maximum Gasteiger partial charge on any atom is 0.416 e. The second kappa shape index (κ2) is 3.98. The van der Waals surface area contributed by atoms with Crippen LogP contribution in [0.3, 0.4) is 0 Å². The average Bonchev–Trinajstić information content (AvgIpc) is 3.03. The molecule has 1 saturated carbocycles. The molecule has 4 heteroatoms.